The van der Waals surface area contributed by atoms with E-state index >= 15 is 0 Å². The van der Waals surface area contributed by atoms with Crippen LogP contribution in [-0.4, -0.2) is 67.3 Å². The number of aromatic nitrogens is 4. The highest BCUT2D eigenvalue weighted by Gasteiger charge is 2.22. The van der Waals surface area contributed by atoms with Gasteiger partial charge in [0, 0.05) is 61.2 Å². The summed E-state index contributed by atoms with van der Waals surface area (Å²) in [4.78, 5) is 22.0. The Labute approximate surface area is 217 Å². The molecule has 5 heterocycles. The number of nitrogens with zero attached hydrogens (tertiary/aromatic N) is 6. The van der Waals surface area contributed by atoms with Crippen molar-refractivity contribution in [2.24, 2.45) is 0 Å². The molecule has 0 saturated carbocycles. The van der Waals surface area contributed by atoms with Crippen LogP contribution >= 0.6 is 11.3 Å². The normalized spacial score (nSPS) is 15.7. The largest absolute Gasteiger partial charge is 0.463 e. The second-order valence-electron chi connectivity index (χ2n) is 8.84. The van der Waals surface area contributed by atoms with Gasteiger partial charge in [-0.05, 0) is 36.4 Å². The summed E-state index contributed by atoms with van der Waals surface area (Å²) in [6.07, 6.45) is 3.11. The lowest BCUT2D eigenvalue weighted by Gasteiger charge is -2.36. The van der Waals surface area contributed by atoms with Crippen molar-refractivity contribution in [3.63, 3.8) is 0 Å². The van der Waals surface area contributed by atoms with E-state index < -0.39 is 10.8 Å². The number of halogens is 1. The first-order chi connectivity index (χ1) is 17.9. The van der Waals surface area contributed by atoms with Crippen molar-refractivity contribution in [3.05, 3.63) is 58.1 Å². The molecule has 0 bridgehead atoms. The Bertz CT molecular complexity index is 1680. The minimum Gasteiger partial charge on any atom is -0.463 e. The molecule has 0 radical (unpaired) electrons. The molecule has 6 rings (SSSR count). The van der Waals surface area contributed by atoms with Gasteiger partial charge in [-0.15, -0.1) is 0 Å². The van der Waals surface area contributed by atoms with Gasteiger partial charge >= 0.3 is 4.87 Å². The third-order valence-corrected chi connectivity index (χ3v) is 8.53. The predicted octanol–water partition coefficient (Wildman–Crippen LogP) is 2.65. The summed E-state index contributed by atoms with van der Waals surface area (Å²) >= 11 is 1.12. The molecule has 0 unspecified atom stereocenters. The second kappa shape index (κ2) is 9.39. The SMILES string of the molecule is C[S@@](=O)c1ccc(N2CCN(CCn3c(=O)sc4c3nc(N)n3nc(-c5ccco5)cc43)CC2)c(F)c1. The minimum absolute atomic E-state index is 0.107. The summed E-state index contributed by atoms with van der Waals surface area (Å²) in [5, 5.41) is 4.49. The van der Waals surface area contributed by atoms with Crippen LogP contribution in [0, 0.1) is 5.82 Å². The van der Waals surface area contributed by atoms with Gasteiger partial charge in [-0.25, -0.2) is 4.39 Å². The molecule has 5 aromatic rings. The molecule has 2 N–H and O–H groups in total. The Balaban J connectivity index is 1.18. The van der Waals surface area contributed by atoms with Crippen LogP contribution < -0.4 is 15.5 Å². The fraction of sp³-hybridized carbons (Fsp3) is 0.292. The molecule has 0 aliphatic carbocycles. The molecule has 1 aliphatic heterocycles. The fourth-order valence-electron chi connectivity index (χ4n) is 4.67. The van der Waals surface area contributed by atoms with E-state index in [1.807, 2.05) is 17.0 Å². The highest BCUT2D eigenvalue weighted by Crippen LogP contribution is 2.28. The molecular weight excluding hydrogens is 517 g/mol. The van der Waals surface area contributed by atoms with E-state index in [1.54, 1.807) is 29.0 Å². The molecule has 10 nitrogen and oxygen atoms in total. The summed E-state index contributed by atoms with van der Waals surface area (Å²) in [6.45, 7) is 3.88. The molecule has 0 spiro atoms. The monoisotopic (exact) mass is 541 g/mol. The smallest absolute Gasteiger partial charge is 0.309 e. The van der Waals surface area contributed by atoms with E-state index in [2.05, 4.69) is 15.0 Å². The average molecular weight is 542 g/mol. The lowest BCUT2D eigenvalue weighted by Crippen LogP contribution is -2.47. The van der Waals surface area contributed by atoms with Gasteiger partial charge in [-0.3, -0.25) is 18.5 Å². The maximum atomic E-state index is 14.6. The van der Waals surface area contributed by atoms with Gasteiger partial charge in [0.1, 0.15) is 16.2 Å². The fourth-order valence-corrected chi connectivity index (χ4v) is 6.16. The van der Waals surface area contributed by atoms with Crippen molar-refractivity contribution in [2.45, 2.75) is 11.4 Å². The molecule has 13 heteroatoms. The van der Waals surface area contributed by atoms with Crippen molar-refractivity contribution in [1.82, 2.24) is 24.1 Å². The van der Waals surface area contributed by atoms with Crippen LogP contribution in [0.2, 0.25) is 0 Å². The number of nitrogens with two attached hydrogens (primary N) is 1. The number of anilines is 2. The van der Waals surface area contributed by atoms with Crippen molar-refractivity contribution in [1.29, 1.82) is 0 Å². The lowest BCUT2D eigenvalue weighted by atomic mass is 10.2. The zero-order valence-corrected chi connectivity index (χ0v) is 21.6. The molecule has 1 atom stereocenters. The molecule has 1 fully saturated rings. The van der Waals surface area contributed by atoms with Crippen LogP contribution in [0.5, 0.6) is 0 Å². The number of hydrogen-bond acceptors (Lipinski definition) is 9. The maximum absolute atomic E-state index is 14.6. The van der Waals surface area contributed by atoms with Crippen LogP contribution in [0.4, 0.5) is 16.0 Å². The Kier molecular flexibility index (Phi) is 6.05. The highest BCUT2D eigenvalue weighted by atomic mass is 32.2. The van der Waals surface area contributed by atoms with Crippen LogP contribution in [0.3, 0.4) is 0 Å². The quantitative estimate of drug-likeness (QED) is 0.349. The van der Waals surface area contributed by atoms with Gasteiger partial charge in [0.15, 0.2) is 11.4 Å². The molecule has 4 aromatic heterocycles. The van der Waals surface area contributed by atoms with Crippen molar-refractivity contribution < 1.29 is 13.0 Å². The van der Waals surface area contributed by atoms with Crippen molar-refractivity contribution >= 4 is 49.6 Å². The van der Waals surface area contributed by atoms with Gasteiger partial charge in [0.05, 0.1) is 17.5 Å². The van der Waals surface area contributed by atoms with E-state index in [0.29, 0.717) is 59.4 Å². The standard InChI is InChI=1S/C24H24FN7O3S2/c1-37(34)15-4-5-18(16(25)13-15)30-9-6-29(7-10-30)8-11-31-22-21(36-24(31)33)19-14-17(20-3-2-12-35-20)28-32(19)23(26)27-22/h2-5,12-14H,6-11H2,1H3,(H2,26,27)/t37-/m1/s1. The number of piperazine rings is 1. The van der Waals surface area contributed by atoms with Gasteiger partial charge < -0.3 is 15.1 Å². The molecule has 1 aliphatic rings. The molecular formula is C24H24FN7O3S2. The van der Waals surface area contributed by atoms with Gasteiger partial charge in [0.25, 0.3) is 0 Å². The van der Waals surface area contributed by atoms with Crippen molar-refractivity contribution in [2.75, 3.05) is 49.6 Å². The summed E-state index contributed by atoms with van der Waals surface area (Å²) in [6, 6.07) is 10.2. The Hall–Kier alpha value is -3.55. The zero-order chi connectivity index (χ0) is 25.7. The number of furan rings is 1. The topological polar surface area (TPSA) is 115 Å². The average Bonchev–Trinajstić information content (AvgIpc) is 3.62. The van der Waals surface area contributed by atoms with Gasteiger partial charge in [0.2, 0.25) is 5.95 Å². The predicted molar refractivity (Wildman–Crippen MR) is 142 cm³/mol. The summed E-state index contributed by atoms with van der Waals surface area (Å²) < 4.78 is 35.6. The Morgan fingerprint density at radius 3 is 2.68 bits per heavy atom. The number of hydrogen-bond donors (Lipinski definition) is 1. The molecule has 192 valence electrons. The summed E-state index contributed by atoms with van der Waals surface area (Å²) in [5.41, 5.74) is 8.59. The summed E-state index contributed by atoms with van der Waals surface area (Å²) in [5.74, 6) is 0.446. The minimum atomic E-state index is -1.22. The second-order valence-corrected chi connectivity index (χ2v) is 11.2. The highest BCUT2D eigenvalue weighted by molar-refractivity contribution is 7.84. The number of rotatable bonds is 6. The molecule has 1 saturated heterocycles. The van der Waals surface area contributed by atoms with E-state index in [4.69, 9.17) is 10.2 Å². The van der Waals surface area contributed by atoms with Crippen LogP contribution in [0.25, 0.3) is 27.3 Å². The number of thiazole rings is 1. The first-order valence-corrected chi connectivity index (χ1v) is 14.1. The van der Waals surface area contributed by atoms with Crippen molar-refractivity contribution in [3.8, 4) is 11.5 Å². The molecule has 37 heavy (non-hydrogen) atoms. The molecule has 1 aromatic carbocycles. The van der Waals surface area contributed by atoms with Gasteiger partial charge in [-0.2, -0.15) is 14.6 Å². The van der Waals surface area contributed by atoms with E-state index in [0.717, 1.165) is 29.1 Å². The first kappa shape index (κ1) is 23.8. The van der Waals surface area contributed by atoms with E-state index in [1.165, 1.54) is 16.8 Å². The lowest BCUT2D eigenvalue weighted by molar-refractivity contribution is 0.248. The maximum Gasteiger partial charge on any atom is 0.309 e. The van der Waals surface area contributed by atoms with Crippen LogP contribution in [0.15, 0.2) is 56.8 Å². The third-order valence-electron chi connectivity index (χ3n) is 6.63. The number of benzene rings is 1. The van der Waals surface area contributed by atoms with Crippen LogP contribution in [-0.2, 0) is 17.3 Å². The van der Waals surface area contributed by atoms with Crippen LogP contribution in [0.1, 0.15) is 0 Å². The number of nitrogen functional groups attached to an aromatic ring is 1. The summed E-state index contributed by atoms with van der Waals surface area (Å²) in [7, 11) is -1.22. The third kappa shape index (κ3) is 4.32. The number of fused-ring (bicyclic) bond motifs is 3. The van der Waals surface area contributed by atoms with Gasteiger partial charge in [-0.1, -0.05) is 11.3 Å². The van der Waals surface area contributed by atoms with E-state index in [9.17, 15) is 13.4 Å². The van der Waals surface area contributed by atoms with E-state index in [-0.39, 0.29) is 16.6 Å². The zero-order valence-electron chi connectivity index (χ0n) is 20.0. The Morgan fingerprint density at radius 1 is 1.16 bits per heavy atom. The first-order valence-electron chi connectivity index (χ1n) is 11.7. The Morgan fingerprint density at radius 2 is 1.97 bits per heavy atom. The molecule has 0 amide bonds.